The Morgan fingerprint density at radius 3 is 2.33 bits per heavy atom. The molecule has 0 saturated carbocycles. The number of hydrogen-bond acceptors (Lipinski definition) is 3. The molecule has 0 amide bonds. The van der Waals surface area contributed by atoms with Crippen LogP contribution in [0, 0.1) is 0 Å². The summed E-state index contributed by atoms with van der Waals surface area (Å²) in [6.07, 6.45) is 1.16. The Morgan fingerprint density at radius 1 is 1.58 bits per heavy atom. The van der Waals surface area contributed by atoms with Crippen molar-refractivity contribution in [2.45, 2.75) is 33.2 Å². The largest absolute Gasteiger partial charge is 0.364 e. The van der Waals surface area contributed by atoms with Crippen LogP contribution in [0.1, 0.15) is 27.7 Å². The highest BCUT2D eigenvalue weighted by atomic mass is 16.7. The predicted molar refractivity (Wildman–Crippen MR) is 48.4 cm³/mol. The number of carbonyl (C=O) groups excluding carboxylic acids is 1. The fourth-order valence-electron chi connectivity index (χ4n) is 0.822. The van der Waals surface area contributed by atoms with Crippen molar-refractivity contribution in [1.82, 2.24) is 5.06 Å². The molecule has 0 radical (unpaired) electrons. The number of nitrogens with zero attached hydrogens (tertiary/aromatic N) is 1. The predicted octanol–water partition coefficient (Wildman–Crippen LogP) is 1.75. The van der Waals surface area contributed by atoms with E-state index in [-0.39, 0.29) is 5.54 Å². The molecule has 3 heteroatoms. The van der Waals surface area contributed by atoms with Crippen LogP contribution >= 0.6 is 0 Å². The van der Waals surface area contributed by atoms with Crippen molar-refractivity contribution in [3.63, 3.8) is 0 Å². The van der Waals surface area contributed by atoms with Crippen molar-refractivity contribution in [2.24, 2.45) is 0 Å². The van der Waals surface area contributed by atoms with E-state index in [1.807, 2.05) is 27.7 Å². The number of hydrogen-bond donors (Lipinski definition) is 0. The minimum absolute atomic E-state index is 0.159. The summed E-state index contributed by atoms with van der Waals surface area (Å²) in [5, 5.41) is 1.62. The summed E-state index contributed by atoms with van der Waals surface area (Å²) >= 11 is 0. The van der Waals surface area contributed by atoms with Crippen LogP contribution in [0.3, 0.4) is 0 Å². The fraction of sp³-hybridized carbons (Fsp3) is 0.667. The summed E-state index contributed by atoms with van der Waals surface area (Å²) < 4.78 is 0. The minimum Gasteiger partial charge on any atom is -0.364 e. The third-order valence-electron chi connectivity index (χ3n) is 1.40. The van der Waals surface area contributed by atoms with E-state index >= 15 is 0 Å². The molecule has 0 aliphatic heterocycles. The maximum Gasteiger partial charge on any atom is 0.349 e. The van der Waals surface area contributed by atoms with E-state index in [1.54, 1.807) is 5.06 Å². The first-order valence-electron chi connectivity index (χ1n) is 4.03. The van der Waals surface area contributed by atoms with Crippen molar-refractivity contribution < 1.29 is 9.63 Å². The van der Waals surface area contributed by atoms with Gasteiger partial charge in [-0.25, -0.2) is 4.79 Å². The quantitative estimate of drug-likeness (QED) is 0.478. The first kappa shape index (κ1) is 11.2. The summed E-state index contributed by atoms with van der Waals surface area (Å²) in [5.41, 5.74) is -0.159. The molecule has 0 heterocycles. The van der Waals surface area contributed by atoms with E-state index in [2.05, 4.69) is 6.58 Å². The molecule has 0 aliphatic carbocycles. The third-order valence-corrected chi connectivity index (χ3v) is 1.40. The van der Waals surface area contributed by atoms with Gasteiger partial charge >= 0.3 is 5.97 Å². The summed E-state index contributed by atoms with van der Waals surface area (Å²) in [4.78, 5) is 15.8. The second kappa shape index (κ2) is 4.26. The maximum atomic E-state index is 10.8. The Kier molecular flexibility index (Phi) is 3.96. The molecule has 0 atom stereocenters. The second-order valence-electron chi connectivity index (χ2n) is 3.48. The SMILES string of the molecule is C=CC(=O)ON(CC)C(C)(C)C. The monoisotopic (exact) mass is 171 g/mol. The van der Waals surface area contributed by atoms with Crippen LogP contribution in [0.25, 0.3) is 0 Å². The Morgan fingerprint density at radius 2 is 2.08 bits per heavy atom. The van der Waals surface area contributed by atoms with Gasteiger partial charge in [-0.2, -0.15) is 0 Å². The summed E-state index contributed by atoms with van der Waals surface area (Å²) in [6, 6.07) is 0. The molecule has 3 nitrogen and oxygen atoms in total. The first-order chi connectivity index (χ1) is 5.41. The van der Waals surface area contributed by atoms with Crippen molar-refractivity contribution >= 4 is 5.97 Å². The van der Waals surface area contributed by atoms with Crippen LogP contribution in [0.2, 0.25) is 0 Å². The molecule has 0 spiro atoms. The first-order valence-corrected chi connectivity index (χ1v) is 4.03. The van der Waals surface area contributed by atoms with E-state index in [4.69, 9.17) is 4.84 Å². The van der Waals surface area contributed by atoms with E-state index < -0.39 is 5.97 Å². The molecule has 0 aromatic rings. The van der Waals surface area contributed by atoms with Gasteiger partial charge < -0.3 is 4.84 Å². The molecule has 70 valence electrons. The van der Waals surface area contributed by atoms with Gasteiger partial charge in [-0.05, 0) is 27.7 Å². The lowest BCUT2D eigenvalue weighted by atomic mass is 10.1. The summed E-state index contributed by atoms with van der Waals surface area (Å²) in [7, 11) is 0. The maximum absolute atomic E-state index is 10.8. The fourth-order valence-corrected chi connectivity index (χ4v) is 0.822. The summed E-state index contributed by atoms with van der Waals surface area (Å²) in [5.74, 6) is -0.410. The molecule has 0 aromatic carbocycles. The molecule has 0 aliphatic rings. The van der Waals surface area contributed by atoms with Crippen molar-refractivity contribution in [3.8, 4) is 0 Å². The van der Waals surface area contributed by atoms with Crippen LogP contribution in [-0.4, -0.2) is 23.1 Å². The van der Waals surface area contributed by atoms with Crippen LogP contribution in [-0.2, 0) is 9.63 Å². The van der Waals surface area contributed by atoms with Gasteiger partial charge in [0.2, 0.25) is 0 Å². The normalized spacial score (nSPS) is 11.4. The highest BCUT2D eigenvalue weighted by Crippen LogP contribution is 2.12. The van der Waals surface area contributed by atoms with Crippen LogP contribution < -0.4 is 0 Å². The van der Waals surface area contributed by atoms with Gasteiger partial charge in [0, 0.05) is 18.2 Å². The van der Waals surface area contributed by atoms with E-state index in [1.165, 1.54) is 0 Å². The van der Waals surface area contributed by atoms with Crippen LogP contribution in [0.5, 0.6) is 0 Å². The van der Waals surface area contributed by atoms with Crippen LogP contribution in [0.15, 0.2) is 12.7 Å². The lowest BCUT2D eigenvalue weighted by molar-refractivity contribution is -0.207. The van der Waals surface area contributed by atoms with Gasteiger partial charge in [-0.1, -0.05) is 6.58 Å². The summed E-state index contributed by atoms with van der Waals surface area (Å²) in [6.45, 7) is 11.9. The molecule has 0 aromatic heterocycles. The Bertz CT molecular complexity index is 170. The molecule has 0 N–H and O–H groups in total. The molecular formula is C9H17NO2. The number of carbonyl (C=O) groups is 1. The second-order valence-corrected chi connectivity index (χ2v) is 3.48. The van der Waals surface area contributed by atoms with Gasteiger partial charge in [0.25, 0.3) is 0 Å². The Hall–Kier alpha value is -0.830. The molecular weight excluding hydrogens is 154 g/mol. The van der Waals surface area contributed by atoms with Crippen molar-refractivity contribution in [3.05, 3.63) is 12.7 Å². The Labute approximate surface area is 74.0 Å². The zero-order valence-corrected chi connectivity index (χ0v) is 8.26. The number of hydroxylamine groups is 2. The molecule has 0 saturated heterocycles. The lowest BCUT2D eigenvalue weighted by Gasteiger charge is -2.31. The molecule has 0 fully saturated rings. The van der Waals surface area contributed by atoms with Crippen molar-refractivity contribution in [1.29, 1.82) is 0 Å². The molecule has 0 bridgehead atoms. The zero-order chi connectivity index (χ0) is 9.78. The van der Waals surface area contributed by atoms with E-state index in [0.717, 1.165) is 6.08 Å². The molecule has 0 unspecified atom stereocenters. The van der Waals surface area contributed by atoms with Gasteiger partial charge in [-0.3, -0.25) is 0 Å². The van der Waals surface area contributed by atoms with Gasteiger partial charge in [-0.15, -0.1) is 5.06 Å². The highest BCUT2D eigenvalue weighted by Gasteiger charge is 2.22. The topological polar surface area (TPSA) is 29.5 Å². The minimum atomic E-state index is -0.410. The average Bonchev–Trinajstić information content (AvgIpc) is 1.97. The zero-order valence-electron chi connectivity index (χ0n) is 8.26. The number of rotatable bonds is 3. The smallest absolute Gasteiger partial charge is 0.349 e. The highest BCUT2D eigenvalue weighted by molar-refractivity contribution is 5.80. The van der Waals surface area contributed by atoms with Gasteiger partial charge in [0.15, 0.2) is 0 Å². The standard InChI is InChI=1S/C9H17NO2/c1-6-8(11)12-10(7-2)9(3,4)5/h6H,1,7H2,2-5H3. The van der Waals surface area contributed by atoms with E-state index in [0.29, 0.717) is 6.54 Å². The van der Waals surface area contributed by atoms with Crippen LogP contribution in [0.4, 0.5) is 0 Å². The average molecular weight is 171 g/mol. The van der Waals surface area contributed by atoms with Gasteiger partial charge in [0.1, 0.15) is 0 Å². The molecule has 12 heavy (non-hydrogen) atoms. The lowest BCUT2D eigenvalue weighted by Crippen LogP contribution is -2.42. The molecule has 0 rings (SSSR count). The van der Waals surface area contributed by atoms with E-state index in [9.17, 15) is 4.79 Å². The third kappa shape index (κ3) is 3.53. The van der Waals surface area contributed by atoms with Crippen molar-refractivity contribution in [2.75, 3.05) is 6.54 Å². The Balaban J connectivity index is 4.18. The van der Waals surface area contributed by atoms with Gasteiger partial charge in [0.05, 0.1) is 0 Å².